The number of carboxylic acids is 1. The molecule has 0 radical (unpaired) electrons. The Labute approximate surface area is 92.1 Å². The van der Waals surface area contributed by atoms with Crippen LogP contribution in [-0.4, -0.2) is 21.3 Å². The van der Waals surface area contributed by atoms with Gasteiger partial charge >= 0.3 is 5.97 Å². The van der Waals surface area contributed by atoms with Crippen LogP contribution in [0.2, 0.25) is 0 Å². The molecule has 1 heterocycles. The topological polar surface area (TPSA) is 78.0 Å². The van der Waals surface area contributed by atoms with E-state index in [4.69, 9.17) is 5.11 Å². The van der Waals surface area contributed by atoms with Gasteiger partial charge in [0.25, 0.3) is 0 Å². The summed E-state index contributed by atoms with van der Waals surface area (Å²) in [7, 11) is 0. The molecule has 0 atom stereocenters. The number of hydrogen-bond donors (Lipinski definition) is 3. The van der Waals surface area contributed by atoms with Crippen molar-refractivity contribution < 1.29 is 9.90 Å². The summed E-state index contributed by atoms with van der Waals surface area (Å²) in [4.78, 5) is 10.6. The summed E-state index contributed by atoms with van der Waals surface area (Å²) in [6, 6.07) is 9.19. The molecule has 0 bridgehead atoms. The van der Waals surface area contributed by atoms with Gasteiger partial charge in [0, 0.05) is 11.8 Å². The second-order valence-electron chi connectivity index (χ2n) is 3.46. The first-order valence-corrected chi connectivity index (χ1v) is 4.77. The highest BCUT2D eigenvalue weighted by molar-refractivity contribution is 5.86. The van der Waals surface area contributed by atoms with Crippen molar-refractivity contribution in [1.29, 1.82) is 0 Å². The van der Waals surface area contributed by atoms with Crippen molar-refractivity contribution in [2.45, 2.75) is 6.92 Å². The number of aryl methyl sites for hydroxylation is 1. The van der Waals surface area contributed by atoms with Gasteiger partial charge in [0.15, 0.2) is 5.82 Å². The van der Waals surface area contributed by atoms with Crippen LogP contribution in [0.1, 0.15) is 16.1 Å². The minimum Gasteiger partial charge on any atom is -0.477 e. The third kappa shape index (κ3) is 2.20. The number of carbonyl (C=O) groups is 1. The van der Waals surface area contributed by atoms with Crippen LogP contribution in [-0.2, 0) is 0 Å². The lowest BCUT2D eigenvalue weighted by Gasteiger charge is -2.01. The van der Waals surface area contributed by atoms with E-state index in [0.717, 1.165) is 5.69 Å². The minimum absolute atomic E-state index is 0.0645. The Hall–Kier alpha value is -2.30. The molecule has 0 amide bonds. The number of anilines is 2. The van der Waals surface area contributed by atoms with Gasteiger partial charge in [-0.2, -0.15) is 5.10 Å². The van der Waals surface area contributed by atoms with E-state index >= 15 is 0 Å². The van der Waals surface area contributed by atoms with E-state index in [1.54, 1.807) is 0 Å². The smallest absolute Gasteiger partial charge is 0.353 e. The van der Waals surface area contributed by atoms with Crippen LogP contribution in [0.25, 0.3) is 0 Å². The average molecular weight is 217 g/mol. The number of hydrogen-bond acceptors (Lipinski definition) is 3. The molecule has 1 aromatic carbocycles. The first-order chi connectivity index (χ1) is 7.65. The summed E-state index contributed by atoms with van der Waals surface area (Å²) in [5.74, 6) is -0.536. The zero-order valence-electron chi connectivity index (χ0n) is 8.69. The van der Waals surface area contributed by atoms with Crippen molar-refractivity contribution in [3.05, 3.63) is 41.6 Å². The number of benzene rings is 1. The molecule has 5 nitrogen and oxygen atoms in total. The molecule has 3 N–H and O–H groups in total. The number of H-pyrrole nitrogens is 1. The summed E-state index contributed by atoms with van der Waals surface area (Å²) in [6.45, 7) is 2.00. The molecule has 82 valence electrons. The van der Waals surface area contributed by atoms with Gasteiger partial charge < -0.3 is 10.4 Å². The molecule has 0 aliphatic heterocycles. The van der Waals surface area contributed by atoms with Crippen LogP contribution < -0.4 is 5.32 Å². The van der Waals surface area contributed by atoms with Gasteiger partial charge in [-0.25, -0.2) is 4.79 Å². The van der Waals surface area contributed by atoms with Crippen molar-refractivity contribution in [3.8, 4) is 0 Å². The Morgan fingerprint density at radius 1 is 1.38 bits per heavy atom. The van der Waals surface area contributed by atoms with Crippen LogP contribution in [0.5, 0.6) is 0 Å². The summed E-state index contributed by atoms with van der Waals surface area (Å²) >= 11 is 0. The maximum atomic E-state index is 10.6. The molecule has 2 rings (SSSR count). The number of carboxylic acid groups (broad SMARTS) is 1. The van der Waals surface area contributed by atoms with Crippen molar-refractivity contribution in [1.82, 2.24) is 10.2 Å². The summed E-state index contributed by atoms with van der Waals surface area (Å²) in [5.41, 5.74) is 2.10. The molecule has 0 saturated heterocycles. The lowest BCUT2D eigenvalue weighted by molar-refractivity contribution is 0.0690. The third-order valence-corrected chi connectivity index (χ3v) is 2.13. The number of aromatic carboxylic acids is 1. The monoisotopic (exact) mass is 217 g/mol. The maximum absolute atomic E-state index is 10.6. The van der Waals surface area contributed by atoms with Crippen molar-refractivity contribution in [2.24, 2.45) is 0 Å². The highest BCUT2D eigenvalue weighted by Gasteiger charge is 2.07. The summed E-state index contributed by atoms with van der Waals surface area (Å²) in [5, 5.41) is 18.0. The van der Waals surface area contributed by atoms with Gasteiger partial charge in [-0.05, 0) is 19.1 Å². The molecule has 16 heavy (non-hydrogen) atoms. The molecule has 0 spiro atoms. The largest absolute Gasteiger partial charge is 0.477 e. The zero-order valence-corrected chi connectivity index (χ0v) is 8.69. The van der Waals surface area contributed by atoms with Crippen molar-refractivity contribution in [2.75, 3.05) is 5.32 Å². The van der Waals surface area contributed by atoms with Crippen LogP contribution in [0.15, 0.2) is 30.3 Å². The highest BCUT2D eigenvalue weighted by atomic mass is 16.4. The summed E-state index contributed by atoms with van der Waals surface area (Å²) < 4.78 is 0. The molecular formula is C11H11N3O2. The van der Waals surface area contributed by atoms with Gasteiger partial charge in [0.05, 0.1) is 0 Å². The molecular weight excluding hydrogens is 206 g/mol. The van der Waals surface area contributed by atoms with Gasteiger partial charge in [-0.15, -0.1) is 0 Å². The zero-order chi connectivity index (χ0) is 11.5. The van der Waals surface area contributed by atoms with E-state index < -0.39 is 5.97 Å². The fraction of sp³-hybridized carbons (Fsp3) is 0.0909. The Morgan fingerprint density at radius 3 is 2.62 bits per heavy atom. The first-order valence-electron chi connectivity index (χ1n) is 4.77. The maximum Gasteiger partial charge on any atom is 0.353 e. The van der Waals surface area contributed by atoms with E-state index in [1.807, 2.05) is 31.2 Å². The van der Waals surface area contributed by atoms with Crippen LogP contribution >= 0.6 is 0 Å². The number of aromatic amines is 1. The Bertz CT molecular complexity index is 502. The Morgan fingerprint density at radius 2 is 2.06 bits per heavy atom. The Kier molecular flexibility index (Phi) is 2.59. The first kappa shape index (κ1) is 10.2. The lowest BCUT2D eigenvalue weighted by atomic mass is 10.2. The second-order valence-corrected chi connectivity index (χ2v) is 3.46. The van der Waals surface area contributed by atoms with Crippen LogP contribution in [0.4, 0.5) is 11.5 Å². The highest BCUT2D eigenvalue weighted by Crippen LogP contribution is 2.15. The number of rotatable bonds is 3. The van der Waals surface area contributed by atoms with Crippen LogP contribution in [0, 0.1) is 6.92 Å². The predicted octanol–water partition coefficient (Wildman–Crippen LogP) is 2.16. The van der Waals surface area contributed by atoms with E-state index in [0.29, 0.717) is 5.82 Å². The average Bonchev–Trinajstić information content (AvgIpc) is 2.70. The van der Waals surface area contributed by atoms with Crippen molar-refractivity contribution in [3.63, 3.8) is 0 Å². The van der Waals surface area contributed by atoms with Gasteiger partial charge in [-0.1, -0.05) is 17.7 Å². The lowest BCUT2D eigenvalue weighted by Crippen LogP contribution is -1.95. The fourth-order valence-electron chi connectivity index (χ4n) is 1.28. The van der Waals surface area contributed by atoms with E-state index in [1.165, 1.54) is 11.6 Å². The normalized spacial score (nSPS) is 10.1. The summed E-state index contributed by atoms with van der Waals surface area (Å²) in [6.07, 6.45) is 0. The molecule has 2 aromatic rings. The molecule has 0 saturated carbocycles. The number of nitrogens with one attached hydrogen (secondary N) is 2. The molecule has 1 aromatic heterocycles. The molecule has 0 fully saturated rings. The number of nitrogens with zero attached hydrogens (tertiary/aromatic N) is 1. The molecule has 0 aliphatic carbocycles. The van der Waals surface area contributed by atoms with Gasteiger partial charge in [-0.3, -0.25) is 5.10 Å². The van der Waals surface area contributed by atoms with Gasteiger partial charge in [0.2, 0.25) is 0 Å². The molecule has 5 heteroatoms. The van der Waals surface area contributed by atoms with Gasteiger partial charge in [0.1, 0.15) is 5.69 Å². The molecule has 0 unspecified atom stereocenters. The van der Waals surface area contributed by atoms with E-state index in [-0.39, 0.29) is 5.69 Å². The Balaban J connectivity index is 2.14. The third-order valence-electron chi connectivity index (χ3n) is 2.13. The van der Waals surface area contributed by atoms with E-state index in [9.17, 15) is 4.79 Å². The standard InChI is InChI=1S/C11H11N3O2/c1-7-2-4-8(5-3-7)12-10-6-9(11(15)16)13-14-10/h2-6H,1H3,(H,15,16)(H2,12,13,14). The predicted molar refractivity (Wildman–Crippen MR) is 60.0 cm³/mol. The minimum atomic E-state index is -1.02. The van der Waals surface area contributed by atoms with Crippen molar-refractivity contribution >= 4 is 17.5 Å². The number of aromatic nitrogens is 2. The van der Waals surface area contributed by atoms with E-state index in [2.05, 4.69) is 15.5 Å². The SMILES string of the molecule is Cc1ccc(Nc2cc(C(=O)O)[nH]n2)cc1. The van der Waals surface area contributed by atoms with Crippen LogP contribution in [0.3, 0.4) is 0 Å². The molecule has 0 aliphatic rings. The second kappa shape index (κ2) is 4.06. The fourth-order valence-corrected chi connectivity index (χ4v) is 1.28. The quantitative estimate of drug-likeness (QED) is 0.736.